The van der Waals surface area contributed by atoms with Crippen LogP contribution in [0.15, 0.2) is 18.2 Å². The summed E-state index contributed by atoms with van der Waals surface area (Å²) >= 11 is 0. The van der Waals surface area contributed by atoms with Crippen molar-refractivity contribution in [3.63, 3.8) is 0 Å². The van der Waals surface area contributed by atoms with Crippen LogP contribution in [0.4, 0.5) is 0 Å². The minimum absolute atomic E-state index is 0.367. The van der Waals surface area contributed by atoms with Crippen molar-refractivity contribution in [2.75, 3.05) is 13.2 Å². The molecule has 1 rings (SSSR count). The second-order valence-corrected chi connectivity index (χ2v) is 5.26. The highest BCUT2D eigenvalue weighted by Crippen LogP contribution is 2.29. The summed E-state index contributed by atoms with van der Waals surface area (Å²) in [5, 5.41) is 0. The molecule has 2 nitrogen and oxygen atoms in total. The maximum Gasteiger partial charge on any atom is 0.161 e. The van der Waals surface area contributed by atoms with Crippen molar-refractivity contribution < 1.29 is 9.47 Å². The lowest BCUT2D eigenvalue weighted by Gasteiger charge is -2.14. The average molecular weight is 288 g/mol. The molecule has 116 valence electrons. The molecule has 1 unspecified atom stereocenters. The van der Waals surface area contributed by atoms with Gasteiger partial charge in [-0.1, -0.05) is 39.7 Å². The lowest BCUT2D eigenvalue weighted by atomic mass is 10.0. The molecular weight excluding hydrogens is 260 g/mol. The number of hydrogen-bond acceptors (Lipinski definition) is 2. The van der Waals surface area contributed by atoms with E-state index in [-0.39, 0.29) is 0 Å². The van der Waals surface area contributed by atoms with E-state index in [9.17, 15) is 0 Å². The molecule has 2 heteroatoms. The van der Waals surface area contributed by atoms with Gasteiger partial charge in [0.2, 0.25) is 0 Å². The van der Waals surface area contributed by atoms with Gasteiger partial charge in [0.25, 0.3) is 0 Å². The third-order valence-corrected chi connectivity index (χ3v) is 3.00. The van der Waals surface area contributed by atoms with Crippen LogP contribution in [-0.4, -0.2) is 13.2 Å². The zero-order valence-corrected chi connectivity index (χ0v) is 13.9. The SMILES string of the molecule is CCC#CC(C)Cc1ccc(OCCC)c(OCCC)c1. The zero-order chi connectivity index (χ0) is 15.5. The third kappa shape index (κ3) is 6.58. The van der Waals surface area contributed by atoms with E-state index in [0.29, 0.717) is 5.92 Å². The molecule has 0 aliphatic heterocycles. The molecule has 1 aromatic rings. The van der Waals surface area contributed by atoms with E-state index < -0.39 is 0 Å². The first-order valence-corrected chi connectivity index (χ1v) is 8.08. The first-order chi connectivity index (χ1) is 10.2. The van der Waals surface area contributed by atoms with Gasteiger partial charge >= 0.3 is 0 Å². The van der Waals surface area contributed by atoms with Crippen molar-refractivity contribution in [2.45, 2.75) is 53.4 Å². The molecule has 0 radical (unpaired) electrons. The highest BCUT2D eigenvalue weighted by molar-refractivity contribution is 5.43. The van der Waals surface area contributed by atoms with E-state index in [1.54, 1.807) is 0 Å². The molecule has 0 saturated carbocycles. The summed E-state index contributed by atoms with van der Waals surface area (Å²) in [4.78, 5) is 0. The molecule has 0 fully saturated rings. The average Bonchev–Trinajstić information content (AvgIpc) is 2.49. The van der Waals surface area contributed by atoms with E-state index in [2.05, 4.69) is 51.7 Å². The van der Waals surface area contributed by atoms with E-state index in [4.69, 9.17) is 9.47 Å². The van der Waals surface area contributed by atoms with Crippen LogP contribution in [0.25, 0.3) is 0 Å². The van der Waals surface area contributed by atoms with Crippen molar-refractivity contribution in [3.8, 4) is 23.3 Å². The molecule has 0 aliphatic carbocycles. The second-order valence-electron chi connectivity index (χ2n) is 5.26. The minimum Gasteiger partial charge on any atom is -0.490 e. The van der Waals surface area contributed by atoms with Gasteiger partial charge in [-0.05, 0) is 37.0 Å². The van der Waals surface area contributed by atoms with E-state index in [1.807, 2.05) is 6.07 Å². The molecule has 1 aromatic carbocycles. The fourth-order valence-corrected chi connectivity index (χ4v) is 2.02. The van der Waals surface area contributed by atoms with E-state index >= 15 is 0 Å². The fourth-order valence-electron chi connectivity index (χ4n) is 2.02. The summed E-state index contributed by atoms with van der Waals surface area (Å²) in [7, 11) is 0. The lowest BCUT2D eigenvalue weighted by Crippen LogP contribution is -2.03. The Bertz CT molecular complexity index is 468. The number of rotatable bonds is 8. The molecule has 0 N–H and O–H groups in total. The van der Waals surface area contributed by atoms with Gasteiger partial charge in [-0.15, -0.1) is 5.92 Å². The molecule has 0 saturated heterocycles. The zero-order valence-electron chi connectivity index (χ0n) is 13.9. The predicted molar refractivity (Wildman–Crippen MR) is 88.9 cm³/mol. The Morgan fingerprint density at radius 2 is 1.67 bits per heavy atom. The van der Waals surface area contributed by atoms with Crippen molar-refractivity contribution >= 4 is 0 Å². The normalized spacial score (nSPS) is 11.4. The number of benzene rings is 1. The molecule has 0 spiro atoms. The van der Waals surface area contributed by atoms with Gasteiger partial charge in [-0.25, -0.2) is 0 Å². The van der Waals surface area contributed by atoms with Gasteiger partial charge in [0, 0.05) is 12.3 Å². The van der Waals surface area contributed by atoms with E-state index in [1.165, 1.54) is 5.56 Å². The third-order valence-electron chi connectivity index (χ3n) is 3.00. The Morgan fingerprint density at radius 3 is 2.29 bits per heavy atom. The molecule has 0 heterocycles. The predicted octanol–water partition coefficient (Wildman–Crippen LogP) is 4.86. The van der Waals surface area contributed by atoms with Crippen LogP contribution in [0.3, 0.4) is 0 Å². The van der Waals surface area contributed by atoms with E-state index in [0.717, 1.165) is 50.4 Å². The Labute approximate surface area is 129 Å². The Morgan fingerprint density at radius 1 is 1.00 bits per heavy atom. The number of hydrogen-bond donors (Lipinski definition) is 0. The van der Waals surface area contributed by atoms with Gasteiger partial charge in [0.15, 0.2) is 11.5 Å². The highest BCUT2D eigenvalue weighted by atomic mass is 16.5. The minimum atomic E-state index is 0.367. The monoisotopic (exact) mass is 288 g/mol. The molecular formula is C19H28O2. The van der Waals surface area contributed by atoms with Crippen LogP contribution in [0.1, 0.15) is 52.5 Å². The van der Waals surface area contributed by atoms with Gasteiger partial charge in [0.05, 0.1) is 13.2 Å². The first-order valence-electron chi connectivity index (χ1n) is 8.08. The molecule has 21 heavy (non-hydrogen) atoms. The van der Waals surface area contributed by atoms with Gasteiger partial charge < -0.3 is 9.47 Å². The Hall–Kier alpha value is -1.62. The van der Waals surface area contributed by atoms with Crippen LogP contribution in [-0.2, 0) is 6.42 Å². The van der Waals surface area contributed by atoms with Crippen molar-refractivity contribution in [1.29, 1.82) is 0 Å². The van der Waals surface area contributed by atoms with Gasteiger partial charge in [-0.3, -0.25) is 0 Å². The van der Waals surface area contributed by atoms with Crippen LogP contribution in [0, 0.1) is 17.8 Å². The Balaban J connectivity index is 2.81. The molecule has 1 atom stereocenters. The second kappa shape index (κ2) is 10.2. The lowest BCUT2D eigenvalue weighted by molar-refractivity contribution is 0.268. The van der Waals surface area contributed by atoms with Crippen LogP contribution in [0.5, 0.6) is 11.5 Å². The summed E-state index contributed by atoms with van der Waals surface area (Å²) in [6, 6.07) is 6.24. The quantitative estimate of drug-likeness (QED) is 0.636. The highest BCUT2D eigenvalue weighted by Gasteiger charge is 2.08. The van der Waals surface area contributed by atoms with Gasteiger partial charge in [-0.2, -0.15) is 0 Å². The van der Waals surface area contributed by atoms with Gasteiger partial charge in [0.1, 0.15) is 0 Å². The van der Waals surface area contributed by atoms with Crippen LogP contribution in [0.2, 0.25) is 0 Å². The standard InChI is InChI=1S/C19H28O2/c1-5-8-9-16(4)14-17-10-11-18(20-12-6-2)19(15-17)21-13-7-3/h10-11,15-16H,5-7,12-14H2,1-4H3. The fraction of sp³-hybridized carbons (Fsp3) is 0.579. The Kier molecular flexibility index (Phi) is 8.43. The van der Waals surface area contributed by atoms with Crippen LogP contribution < -0.4 is 9.47 Å². The molecule has 0 aromatic heterocycles. The summed E-state index contributed by atoms with van der Waals surface area (Å²) in [5.74, 6) is 8.50. The largest absolute Gasteiger partial charge is 0.490 e. The maximum absolute atomic E-state index is 5.83. The number of ether oxygens (including phenoxy) is 2. The maximum atomic E-state index is 5.83. The summed E-state index contributed by atoms with van der Waals surface area (Å²) in [5.41, 5.74) is 1.25. The smallest absolute Gasteiger partial charge is 0.161 e. The molecule has 0 aliphatic rings. The van der Waals surface area contributed by atoms with Crippen molar-refractivity contribution in [3.05, 3.63) is 23.8 Å². The van der Waals surface area contributed by atoms with Crippen molar-refractivity contribution in [2.24, 2.45) is 5.92 Å². The first kappa shape index (κ1) is 17.4. The topological polar surface area (TPSA) is 18.5 Å². The molecule has 0 bridgehead atoms. The summed E-state index contributed by atoms with van der Waals surface area (Å²) in [6.45, 7) is 9.90. The summed E-state index contributed by atoms with van der Waals surface area (Å²) < 4.78 is 11.6. The summed E-state index contributed by atoms with van der Waals surface area (Å²) in [6.07, 6.45) is 3.86. The van der Waals surface area contributed by atoms with Crippen LogP contribution >= 0.6 is 0 Å². The van der Waals surface area contributed by atoms with Crippen molar-refractivity contribution in [1.82, 2.24) is 0 Å². The molecule has 0 amide bonds.